The van der Waals surface area contributed by atoms with Crippen molar-refractivity contribution in [2.75, 3.05) is 7.11 Å². The number of hydrogen-bond acceptors (Lipinski definition) is 1. The Morgan fingerprint density at radius 3 is 2.56 bits per heavy atom. The van der Waals surface area contributed by atoms with E-state index in [1.165, 1.54) is 21.5 Å². The van der Waals surface area contributed by atoms with E-state index in [2.05, 4.69) is 65.4 Å². The fourth-order valence-corrected chi connectivity index (χ4v) is 6.69. The molecule has 0 fully saturated rings. The van der Waals surface area contributed by atoms with Gasteiger partial charge in [-0.3, -0.25) is 0 Å². The van der Waals surface area contributed by atoms with E-state index in [1.807, 2.05) is 0 Å². The molecule has 2 aromatic rings. The van der Waals surface area contributed by atoms with Gasteiger partial charge in [0.25, 0.3) is 0 Å². The van der Waals surface area contributed by atoms with Crippen LogP contribution in [0.15, 0.2) is 40.9 Å². The number of halogens is 1. The third kappa shape index (κ3) is 1.50. The zero-order valence-electron chi connectivity index (χ0n) is 10.8. The first kappa shape index (κ1) is 12.0. The second kappa shape index (κ2) is 3.97. The Bertz CT molecular complexity index is 634. The lowest BCUT2D eigenvalue weighted by Crippen LogP contribution is -2.49. The van der Waals surface area contributed by atoms with Gasteiger partial charge in [0.15, 0.2) is 0 Å². The average Bonchev–Trinajstić information content (AvgIpc) is 2.58. The van der Waals surface area contributed by atoms with Crippen LogP contribution in [0, 0.1) is 0 Å². The number of methoxy groups -OCH3 is 1. The zero-order chi connectivity index (χ0) is 12.9. The summed E-state index contributed by atoms with van der Waals surface area (Å²) in [4.78, 5) is 0. The maximum absolute atomic E-state index is 5.58. The second-order valence-corrected chi connectivity index (χ2v) is 10.4. The Hall–Kier alpha value is -1.06. The molecule has 0 spiro atoms. The largest absolute Gasteiger partial charge is 0.497 e. The van der Waals surface area contributed by atoms with Crippen LogP contribution in [0.3, 0.4) is 0 Å². The van der Waals surface area contributed by atoms with Crippen LogP contribution in [0.25, 0.3) is 11.1 Å². The third-order valence-corrected chi connectivity index (χ3v) is 7.86. The van der Waals surface area contributed by atoms with Gasteiger partial charge in [-0.25, -0.2) is 0 Å². The van der Waals surface area contributed by atoms with E-state index < -0.39 is 8.07 Å². The van der Waals surface area contributed by atoms with Gasteiger partial charge in [-0.05, 0) is 39.7 Å². The predicted octanol–water partition coefficient (Wildman–Crippen LogP) is 3.26. The average molecular weight is 319 g/mol. The highest BCUT2D eigenvalue weighted by molar-refractivity contribution is 9.10. The highest BCUT2D eigenvalue weighted by Crippen LogP contribution is 2.33. The van der Waals surface area contributed by atoms with E-state index >= 15 is 0 Å². The molecule has 0 amide bonds. The van der Waals surface area contributed by atoms with Crippen molar-refractivity contribution in [3.63, 3.8) is 0 Å². The molecule has 1 heterocycles. The number of fused-ring (bicyclic) bond motifs is 3. The lowest BCUT2D eigenvalue weighted by atomic mass is 10.1. The van der Waals surface area contributed by atoms with Gasteiger partial charge in [-0.1, -0.05) is 47.2 Å². The molecule has 2 aromatic carbocycles. The van der Waals surface area contributed by atoms with Gasteiger partial charge in [0.2, 0.25) is 0 Å². The fraction of sp³-hybridized carbons (Fsp3) is 0.200. The van der Waals surface area contributed by atoms with Crippen LogP contribution < -0.4 is 15.1 Å². The van der Waals surface area contributed by atoms with Crippen molar-refractivity contribution in [3.05, 3.63) is 40.9 Å². The van der Waals surface area contributed by atoms with Gasteiger partial charge in [0.05, 0.1) is 7.11 Å². The van der Waals surface area contributed by atoms with Gasteiger partial charge < -0.3 is 4.74 Å². The minimum Gasteiger partial charge on any atom is -0.497 e. The molecule has 0 saturated carbocycles. The molecular weight excluding hydrogens is 304 g/mol. The first-order chi connectivity index (χ1) is 8.55. The van der Waals surface area contributed by atoms with Gasteiger partial charge in [0, 0.05) is 4.47 Å². The zero-order valence-corrected chi connectivity index (χ0v) is 13.3. The minimum atomic E-state index is -1.62. The third-order valence-electron chi connectivity index (χ3n) is 3.82. The van der Waals surface area contributed by atoms with Gasteiger partial charge in [0.1, 0.15) is 13.8 Å². The van der Waals surface area contributed by atoms with Gasteiger partial charge in [-0.15, -0.1) is 0 Å². The predicted molar refractivity (Wildman–Crippen MR) is 82.9 cm³/mol. The van der Waals surface area contributed by atoms with Crippen molar-refractivity contribution in [3.8, 4) is 16.9 Å². The molecule has 0 N–H and O–H groups in total. The Labute approximate surface area is 117 Å². The van der Waals surface area contributed by atoms with Crippen molar-refractivity contribution in [2.45, 2.75) is 13.1 Å². The lowest BCUT2D eigenvalue weighted by Gasteiger charge is -2.20. The molecule has 0 saturated heterocycles. The summed E-state index contributed by atoms with van der Waals surface area (Å²) < 4.78 is 6.72. The summed E-state index contributed by atoms with van der Waals surface area (Å²) in [6.45, 7) is 4.79. The van der Waals surface area contributed by atoms with E-state index in [0.717, 1.165) is 10.2 Å². The Balaban J connectivity index is 2.39. The van der Waals surface area contributed by atoms with E-state index in [0.29, 0.717) is 0 Å². The molecule has 0 aromatic heterocycles. The first-order valence-corrected chi connectivity index (χ1v) is 9.83. The summed E-state index contributed by atoms with van der Waals surface area (Å²) in [6.07, 6.45) is 0. The molecule has 3 heteroatoms. The van der Waals surface area contributed by atoms with Crippen LogP contribution >= 0.6 is 15.9 Å². The highest BCUT2D eigenvalue weighted by Gasteiger charge is 2.39. The van der Waals surface area contributed by atoms with Crippen LogP contribution in [0.2, 0.25) is 13.1 Å². The molecule has 18 heavy (non-hydrogen) atoms. The normalized spacial score (nSPS) is 15.1. The monoisotopic (exact) mass is 318 g/mol. The van der Waals surface area contributed by atoms with Crippen LogP contribution in [-0.2, 0) is 0 Å². The molecule has 1 nitrogen and oxygen atoms in total. The summed E-state index contributed by atoms with van der Waals surface area (Å²) in [6, 6.07) is 13.0. The van der Waals surface area contributed by atoms with Crippen molar-refractivity contribution in [2.24, 2.45) is 0 Å². The Morgan fingerprint density at radius 1 is 1.06 bits per heavy atom. The Kier molecular flexibility index (Phi) is 2.64. The van der Waals surface area contributed by atoms with E-state index in [-0.39, 0.29) is 0 Å². The van der Waals surface area contributed by atoms with Crippen LogP contribution in [0.1, 0.15) is 0 Å². The van der Waals surface area contributed by atoms with Crippen molar-refractivity contribution in [1.82, 2.24) is 0 Å². The number of hydrogen-bond donors (Lipinski definition) is 0. The minimum absolute atomic E-state index is 1.04. The number of benzene rings is 2. The topological polar surface area (TPSA) is 9.23 Å². The summed E-state index contributed by atoms with van der Waals surface area (Å²) in [5, 5.41) is 2.94. The SMILES string of the molecule is COc1cccc2c1[Si](C)(C)c1ccc(Br)cc1-2. The maximum atomic E-state index is 5.58. The van der Waals surface area contributed by atoms with Crippen molar-refractivity contribution in [1.29, 1.82) is 0 Å². The lowest BCUT2D eigenvalue weighted by molar-refractivity contribution is 0.418. The fourth-order valence-electron chi connectivity index (χ4n) is 2.99. The molecule has 92 valence electrons. The summed E-state index contributed by atoms with van der Waals surface area (Å²) >= 11 is 3.57. The van der Waals surface area contributed by atoms with E-state index in [9.17, 15) is 0 Å². The molecule has 3 rings (SSSR count). The standard InChI is InChI=1S/C15H15BrOSi/c1-17-13-6-4-5-11-12-9-10(16)7-8-14(12)18(2,3)15(11)13/h4-9H,1-3H3. The molecular formula is C15H15BrOSi. The molecule has 0 bridgehead atoms. The summed E-state index contributed by atoms with van der Waals surface area (Å²) in [7, 11) is 0.147. The molecule has 0 aliphatic carbocycles. The maximum Gasteiger partial charge on any atom is 0.119 e. The molecule has 1 aliphatic rings. The quantitative estimate of drug-likeness (QED) is 0.733. The van der Waals surface area contributed by atoms with Gasteiger partial charge in [-0.2, -0.15) is 0 Å². The summed E-state index contributed by atoms with van der Waals surface area (Å²) in [5.74, 6) is 1.04. The van der Waals surface area contributed by atoms with Crippen LogP contribution in [0.4, 0.5) is 0 Å². The number of ether oxygens (including phenoxy) is 1. The van der Waals surface area contributed by atoms with E-state index in [4.69, 9.17) is 4.74 Å². The molecule has 0 atom stereocenters. The van der Waals surface area contributed by atoms with Crippen molar-refractivity contribution >= 4 is 34.4 Å². The summed E-state index contributed by atoms with van der Waals surface area (Å²) in [5.41, 5.74) is 2.72. The van der Waals surface area contributed by atoms with E-state index in [1.54, 1.807) is 7.11 Å². The van der Waals surface area contributed by atoms with Crippen LogP contribution in [-0.4, -0.2) is 15.2 Å². The highest BCUT2D eigenvalue weighted by atomic mass is 79.9. The smallest absolute Gasteiger partial charge is 0.119 e. The number of rotatable bonds is 1. The molecule has 1 aliphatic heterocycles. The van der Waals surface area contributed by atoms with Crippen molar-refractivity contribution < 1.29 is 4.74 Å². The molecule has 0 radical (unpaired) electrons. The van der Waals surface area contributed by atoms with Crippen LogP contribution in [0.5, 0.6) is 5.75 Å². The Morgan fingerprint density at radius 2 is 1.83 bits per heavy atom. The first-order valence-electron chi connectivity index (χ1n) is 6.03. The molecule has 0 unspecified atom stereocenters. The second-order valence-electron chi connectivity index (χ2n) is 5.20. The van der Waals surface area contributed by atoms with Gasteiger partial charge >= 0.3 is 0 Å².